The minimum absolute atomic E-state index is 0.523. The van der Waals surface area contributed by atoms with Crippen LogP contribution in [0.4, 0.5) is 5.82 Å². The Bertz CT molecular complexity index is 326. The van der Waals surface area contributed by atoms with Crippen molar-refractivity contribution >= 4 is 5.82 Å². The number of rotatable bonds is 6. The van der Waals surface area contributed by atoms with Crippen LogP contribution in [-0.4, -0.2) is 15.8 Å². The summed E-state index contributed by atoms with van der Waals surface area (Å²) >= 11 is 0. The second kappa shape index (κ2) is 4.89. The largest absolute Gasteiger partial charge is 0.368 e. The van der Waals surface area contributed by atoms with Crippen molar-refractivity contribution in [3.63, 3.8) is 0 Å². The molecule has 3 nitrogen and oxygen atoms in total. The average molecular weight is 221 g/mol. The quantitative estimate of drug-likeness (QED) is 0.799. The van der Waals surface area contributed by atoms with E-state index in [1.807, 2.05) is 6.20 Å². The van der Waals surface area contributed by atoms with Crippen molar-refractivity contribution in [3.05, 3.63) is 12.3 Å². The summed E-state index contributed by atoms with van der Waals surface area (Å²) in [7, 11) is 0. The summed E-state index contributed by atoms with van der Waals surface area (Å²) in [6, 6.07) is 2.61. The highest BCUT2D eigenvalue weighted by atomic mass is 15.3. The van der Waals surface area contributed by atoms with E-state index in [9.17, 15) is 0 Å². The van der Waals surface area contributed by atoms with Gasteiger partial charge in [-0.15, -0.1) is 0 Å². The number of hydrogen-bond acceptors (Lipinski definition) is 2. The number of hydrogen-bond donors (Lipinski definition) is 1. The topological polar surface area (TPSA) is 29.9 Å². The van der Waals surface area contributed by atoms with Gasteiger partial charge in [0, 0.05) is 18.7 Å². The lowest BCUT2D eigenvalue weighted by molar-refractivity contribution is 0.525. The Morgan fingerprint density at radius 3 is 2.81 bits per heavy atom. The van der Waals surface area contributed by atoms with E-state index in [0.717, 1.165) is 18.4 Å². The van der Waals surface area contributed by atoms with Gasteiger partial charge in [0.05, 0.1) is 6.20 Å². The third kappa shape index (κ3) is 3.26. The molecule has 0 saturated heterocycles. The molecule has 90 valence electrons. The summed E-state index contributed by atoms with van der Waals surface area (Å²) in [5, 5.41) is 7.94. The van der Waals surface area contributed by atoms with Crippen molar-refractivity contribution in [1.82, 2.24) is 9.78 Å². The van der Waals surface area contributed by atoms with E-state index in [1.54, 1.807) is 0 Å². The minimum Gasteiger partial charge on any atom is -0.368 e. The van der Waals surface area contributed by atoms with Crippen LogP contribution in [0.2, 0.25) is 0 Å². The standard InChI is InChI=1S/C13H23N3/c1-10(2)8-11(3)15-13-6-7-14-16(13)9-12-4-5-12/h6-7,10-12,15H,4-5,8-9H2,1-3H3. The summed E-state index contributed by atoms with van der Waals surface area (Å²) < 4.78 is 2.12. The van der Waals surface area contributed by atoms with E-state index in [2.05, 4.69) is 41.9 Å². The highest BCUT2D eigenvalue weighted by molar-refractivity contribution is 5.35. The monoisotopic (exact) mass is 221 g/mol. The van der Waals surface area contributed by atoms with Crippen LogP contribution in [0.5, 0.6) is 0 Å². The molecule has 2 rings (SSSR count). The fourth-order valence-electron chi connectivity index (χ4n) is 2.16. The maximum Gasteiger partial charge on any atom is 0.124 e. The van der Waals surface area contributed by atoms with Gasteiger partial charge >= 0.3 is 0 Å². The fourth-order valence-corrected chi connectivity index (χ4v) is 2.16. The summed E-state index contributed by atoms with van der Waals surface area (Å²) in [6.07, 6.45) is 5.85. The van der Waals surface area contributed by atoms with Gasteiger partial charge in [0.1, 0.15) is 5.82 Å². The summed E-state index contributed by atoms with van der Waals surface area (Å²) in [4.78, 5) is 0. The summed E-state index contributed by atoms with van der Waals surface area (Å²) in [6.45, 7) is 7.86. The summed E-state index contributed by atoms with van der Waals surface area (Å²) in [5.41, 5.74) is 0. The molecule has 16 heavy (non-hydrogen) atoms. The lowest BCUT2D eigenvalue weighted by atomic mass is 10.1. The molecule has 1 aromatic rings. The molecule has 3 heteroatoms. The molecule has 0 amide bonds. The third-order valence-electron chi connectivity index (χ3n) is 3.06. The average Bonchev–Trinajstić information content (AvgIpc) is 2.88. The van der Waals surface area contributed by atoms with Gasteiger partial charge in [0.25, 0.3) is 0 Å². The van der Waals surface area contributed by atoms with Crippen LogP contribution in [0.1, 0.15) is 40.0 Å². The van der Waals surface area contributed by atoms with Crippen molar-refractivity contribution in [3.8, 4) is 0 Å². The van der Waals surface area contributed by atoms with E-state index in [-0.39, 0.29) is 0 Å². The lowest BCUT2D eigenvalue weighted by Gasteiger charge is -2.18. The van der Waals surface area contributed by atoms with Gasteiger partial charge in [0.15, 0.2) is 0 Å². The van der Waals surface area contributed by atoms with Gasteiger partial charge in [0.2, 0.25) is 0 Å². The maximum absolute atomic E-state index is 4.38. The van der Waals surface area contributed by atoms with Crippen molar-refractivity contribution in [2.24, 2.45) is 11.8 Å². The Kier molecular flexibility index (Phi) is 3.52. The molecule has 0 bridgehead atoms. The first kappa shape index (κ1) is 11.5. The van der Waals surface area contributed by atoms with Crippen molar-refractivity contribution in [2.75, 3.05) is 5.32 Å². The molecule has 1 heterocycles. The maximum atomic E-state index is 4.38. The molecule has 1 aliphatic carbocycles. The van der Waals surface area contributed by atoms with Crippen molar-refractivity contribution in [1.29, 1.82) is 0 Å². The highest BCUT2D eigenvalue weighted by Crippen LogP contribution is 2.31. The van der Waals surface area contributed by atoms with Crippen LogP contribution in [0, 0.1) is 11.8 Å². The number of nitrogens with one attached hydrogen (secondary N) is 1. The molecule has 1 aliphatic rings. The zero-order chi connectivity index (χ0) is 11.5. The lowest BCUT2D eigenvalue weighted by Crippen LogP contribution is -2.20. The van der Waals surface area contributed by atoms with E-state index in [4.69, 9.17) is 0 Å². The van der Waals surface area contributed by atoms with Gasteiger partial charge in [-0.25, -0.2) is 4.68 Å². The first-order valence-electron chi connectivity index (χ1n) is 6.43. The van der Waals surface area contributed by atoms with E-state index >= 15 is 0 Å². The number of aromatic nitrogens is 2. The smallest absolute Gasteiger partial charge is 0.124 e. The SMILES string of the molecule is CC(C)CC(C)Nc1ccnn1CC1CC1. The molecule has 1 saturated carbocycles. The van der Waals surface area contributed by atoms with Gasteiger partial charge in [-0.3, -0.25) is 0 Å². The van der Waals surface area contributed by atoms with Crippen LogP contribution in [0.15, 0.2) is 12.3 Å². The molecule has 0 radical (unpaired) electrons. The fraction of sp³-hybridized carbons (Fsp3) is 0.769. The minimum atomic E-state index is 0.523. The molecule has 1 fully saturated rings. The third-order valence-corrected chi connectivity index (χ3v) is 3.06. The van der Waals surface area contributed by atoms with Gasteiger partial charge in [-0.05, 0) is 38.0 Å². The molecule has 0 aliphatic heterocycles. The Balaban J connectivity index is 1.89. The molecule has 1 unspecified atom stereocenters. The normalized spacial score (nSPS) is 17.8. The molecule has 1 aromatic heterocycles. The second-order valence-corrected chi connectivity index (χ2v) is 5.52. The van der Waals surface area contributed by atoms with Crippen LogP contribution in [-0.2, 0) is 6.54 Å². The first-order valence-corrected chi connectivity index (χ1v) is 6.43. The van der Waals surface area contributed by atoms with Crippen molar-refractivity contribution in [2.45, 2.75) is 52.6 Å². The van der Waals surface area contributed by atoms with Gasteiger partial charge in [-0.1, -0.05) is 13.8 Å². The Labute approximate surface area is 98.2 Å². The Morgan fingerprint density at radius 2 is 2.19 bits per heavy atom. The molecular formula is C13H23N3. The molecular weight excluding hydrogens is 198 g/mol. The number of nitrogens with zero attached hydrogens (tertiary/aromatic N) is 2. The molecule has 0 spiro atoms. The van der Waals surface area contributed by atoms with Crippen LogP contribution >= 0.6 is 0 Å². The van der Waals surface area contributed by atoms with Crippen LogP contribution < -0.4 is 5.32 Å². The molecule has 0 aromatic carbocycles. The highest BCUT2D eigenvalue weighted by Gasteiger charge is 2.23. The predicted octanol–water partition coefficient (Wildman–Crippen LogP) is 3.14. The second-order valence-electron chi connectivity index (χ2n) is 5.52. The van der Waals surface area contributed by atoms with Crippen molar-refractivity contribution < 1.29 is 0 Å². The van der Waals surface area contributed by atoms with Gasteiger partial charge < -0.3 is 5.32 Å². The molecule has 1 atom stereocenters. The zero-order valence-electron chi connectivity index (χ0n) is 10.6. The molecule has 1 N–H and O–H groups in total. The van der Waals surface area contributed by atoms with E-state index < -0.39 is 0 Å². The summed E-state index contributed by atoms with van der Waals surface area (Å²) in [5.74, 6) is 2.79. The zero-order valence-corrected chi connectivity index (χ0v) is 10.6. The Morgan fingerprint density at radius 1 is 1.44 bits per heavy atom. The Hall–Kier alpha value is -0.990. The van der Waals surface area contributed by atoms with Crippen LogP contribution in [0.3, 0.4) is 0 Å². The van der Waals surface area contributed by atoms with Crippen LogP contribution in [0.25, 0.3) is 0 Å². The first-order chi connectivity index (χ1) is 7.65. The number of anilines is 1. The van der Waals surface area contributed by atoms with E-state index in [0.29, 0.717) is 6.04 Å². The van der Waals surface area contributed by atoms with Gasteiger partial charge in [-0.2, -0.15) is 5.10 Å². The van der Waals surface area contributed by atoms with E-state index in [1.165, 1.54) is 25.1 Å². The predicted molar refractivity (Wildman–Crippen MR) is 67.5 cm³/mol.